The second-order valence-corrected chi connectivity index (χ2v) is 5.90. The first-order chi connectivity index (χ1) is 12.8. The molecule has 2 aromatic heterocycles. The lowest BCUT2D eigenvalue weighted by Crippen LogP contribution is -2.40. The molecule has 0 saturated heterocycles. The van der Waals surface area contributed by atoms with Gasteiger partial charge in [0, 0.05) is 46.9 Å². The third-order valence-corrected chi connectivity index (χ3v) is 3.86. The second kappa shape index (κ2) is 11.2. The zero-order chi connectivity index (χ0) is 18.6. The van der Waals surface area contributed by atoms with E-state index in [1.165, 1.54) is 6.42 Å². The molecule has 3 N–H and O–H groups in total. The minimum absolute atomic E-state index is 0.710. The molecular weight excluding hydrogens is 332 g/mol. The van der Waals surface area contributed by atoms with Crippen molar-refractivity contribution in [1.82, 2.24) is 30.4 Å². The second-order valence-electron chi connectivity index (χ2n) is 5.90. The number of hydrogen-bond acceptors (Lipinski definition) is 6. The van der Waals surface area contributed by atoms with E-state index in [-0.39, 0.29) is 0 Å². The van der Waals surface area contributed by atoms with Gasteiger partial charge in [-0.2, -0.15) is 5.10 Å². The van der Waals surface area contributed by atoms with Crippen molar-refractivity contribution in [2.24, 2.45) is 12.0 Å². The molecule has 0 unspecified atom stereocenters. The van der Waals surface area contributed by atoms with Gasteiger partial charge >= 0.3 is 0 Å². The molecular formula is C17H30N8O. The Morgan fingerprint density at radius 1 is 1.15 bits per heavy atom. The molecule has 0 fully saturated rings. The van der Waals surface area contributed by atoms with Crippen LogP contribution < -0.4 is 16.0 Å². The van der Waals surface area contributed by atoms with E-state index in [1.54, 1.807) is 24.3 Å². The number of nitrogens with one attached hydrogen (secondary N) is 3. The largest absolute Gasteiger partial charge is 0.381 e. The van der Waals surface area contributed by atoms with Crippen LogP contribution in [0, 0.1) is 0 Å². The van der Waals surface area contributed by atoms with Crippen LogP contribution in [0.3, 0.4) is 0 Å². The minimum Gasteiger partial charge on any atom is -0.381 e. The van der Waals surface area contributed by atoms with Crippen LogP contribution in [0.1, 0.15) is 26.2 Å². The highest BCUT2D eigenvalue weighted by molar-refractivity contribution is 5.86. The van der Waals surface area contributed by atoms with Crippen LogP contribution in [-0.4, -0.2) is 65.6 Å². The average molecular weight is 362 g/mol. The number of anilines is 1. The fourth-order valence-corrected chi connectivity index (χ4v) is 2.41. The Balaban J connectivity index is 1.63. The Bertz CT molecular complexity index is 684. The van der Waals surface area contributed by atoms with Crippen LogP contribution in [0.2, 0.25) is 0 Å². The molecule has 26 heavy (non-hydrogen) atoms. The third-order valence-electron chi connectivity index (χ3n) is 3.86. The number of rotatable bonds is 11. The summed E-state index contributed by atoms with van der Waals surface area (Å²) in [6.07, 6.45) is 6.57. The first kappa shape index (κ1) is 19.9. The summed E-state index contributed by atoms with van der Waals surface area (Å²) in [4.78, 5) is 12.7. The molecule has 0 spiro atoms. The number of fused-ring (bicyclic) bond motifs is 1. The standard InChI is InChI=1S/C17H30N8O/c1-4-5-10-26-11-6-7-20-17(18-2)21-9-8-19-15-14-12-24-25(3)16(14)23-13-22-15/h12-13H,4-11H2,1-3H3,(H2,18,20,21)(H,19,22,23). The summed E-state index contributed by atoms with van der Waals surface area (Å²) in [6, 6.07) is 0. The van der Waals surface area contributed by atoms with Gasteiger partial charge < -0.3 is 20.7 Å². The summed E-state index contributed by atoms with van der Waals surface area (Å²) < 4.78 is 7.28. The number of ether oxygens (including phenoxy) is 1. The highest BCUT2D eigenvalue weighted by Crippen LogP contribution is 2.16. The fraction of sp³-hybridized carbons (Fsp3) is 0.647. The van der Waals surface area contributed by atoms with Crippen LogP contribution in [0.4, 0.5) is 5.82 Å². The lowest BCUT2D eigenvalue weighted by atomic mass is 10.4. The number of aromatic nitrogens is 4. The molecule has 0 aliphatic rings. The van der Waals surface area contributed by atoms with Crippen LogP contribution in [0.15, 0.2) is 17.5 Å². The summed E-state index contributed by atoms with van der Waals surface area (Å²) in [5.41, 5.74) is 0.814. The summed E-state index contributed by atoms with van der Waals surface area (Å²) in [5, 5.41) is 15.0. The van der Waals surface area contributed by atoms with E-state index in [4.69, 9.17) is 4.74 Å². The summed E-state index contributed by atoms with van der Waals surface area (Å²) in [5.74, 6) is 1.58. The SMILES string of the molecule is CCCCOCCCNC(=NC)NCCNc1ncnc2c1cnn2C. The van der Waals surface area contributed by atoms with Gasteiger partial charge in [-0.05, 0) is 12.8 Å². The Morgan fingerprint density at radius 3 is 2.77 bits per heavy atom. The molecule has 0 aromatic carbocycles. The van der Waals surface area contributed by atoms with Crippen molar-refractivity contribution in [3.63, 3.8) is 0 Å². The number of aryl methyl sites for hydroxylation is 1. The molecule has 144 valence electrons. The average Bonchev–Trinajstić information content (AvgIpc) is 3.04. The van der Waals surface area contributed by atoms with E-state index in [0.717, 1.165) is 62.0 Å². The van der Waals surface area contributed by atoms with Crippen molar-refractivity contribution >= 4 is 22.8 Å². The minimum atomic E-state index is 0.710. The molecule has 2 rings (SSSR count). The van der Waals surface area contributed by atoms with Crippen molar-refractivity contribution in [2.45, 2.75) is 26.2 Å². The van der Waals surface area contributed by atoms with E-state index in [2.05, 4.69) is 42.9 Å². The first-order valence-electron chi connectivity index (χ1n) is 9.15. The van der Waals surface area contributed by atoms with E-state index in [1.807, 2.05) is 7.05 Å². The predicted octanol–water partition coefficient (Wildman–Crippen LogP) is 1.15. The molecule has 0 amide bonds. The van der Waals surface area contributed by atoms with Crippen LogP contribution in [0.25, 0.3) is 11.0 Å². The third kappa shape index (κ3) is 6.14. The maximum Gasteiger partial charge on any atom is 0.191 e. The van der Waals surface area contributed by atoms with E-state index >= 15 is 0 Å². The van der Waals surface area contributed by atoms with Crippen molar-refractivity contribution in [2.75, 3.05) is 45.2 Å². The van der Waals surface area contributed by atoms with Crippen LogP contribution in [0.5, 0.6) is 0 Å². The maximum absolute atomic E-state index is 5.54. The smallest absolute Gasteiger partial charge is 0.191 e. The maximum atomic E-state index is 5.54. The molecule has 2 aromatic rings. The van der Waals surface area contributed by atoms with Crippen LogP contribution >= 0.6 is 0 Å². The molecule has 0 atom stereocenters. The van der Waals surface area contributed by atoms with Crippen molar-refractivity contribution in [1.29, 1.82) is 0 Å². The van der Waals surface area contributed by atoms with Gasteiger partial charge in [-0.25, -0.2) is 9.97 Å². The number of aliphatic imine (C=N–C) groups is 1. The highest BCUT2D eigenvalue weighted by Gasteiger charge is 2.06. The Labute approximate surface area is 154 Å². The molecule has 0 radical (unpaired) electrons. The lowest BCUT2D eigenvalue weighted by molar-refractivity contribution is 0.129. The molecule has 0 bridgehead atoms. The predicted molar refractivity (Wildman–Crippen MR) is 105 cm³/mol. The van der Waals surface area contributed by atoms with Crippen molar-refractivity contribution in [3.05, 3.63) is 12.5 Å². The highest BCUT2D eigenvalue weighted by atomic mass is 16.5. The van der Waals surface area contributed by atoms with E-state index < -0.39 is 0 Å². The van der Waals surface area contributed by atoms with Crippen molar-refractivity contribution in [3.8, 4) is 0 Å². The number of unbranched alkanes of at least 4 members (excludes halogenated alkanes) is 1. The molecule has 2 heterocycles. The van der Waals surface area contributed by atoms with Crippen molar-refractivity contribution < 1.29 is 4.74 Å². The van der Waals surface area contributed by atoms with E-state index in [9.17, 15) is 0 Å². The van der Waals surface area contributed by atoms with Gasteiger partial charge in [0.15, 0.2) is 11.6 Å². The van der Waals surface area contributed by atoms with Gasteiger partial charge in [-0.15, -0.1) is 0 Å². The first-order valence-corrected chi connectivity index (χ1v) is 9.15. The monoisotopic (exact) mass is 362 g/mol. The Hall–Kier alpha value is -2.42. The Morgan fingerprint density at radius 2 is 1.96 bits per heavy atom. The van der Waals surface area contributed by atoms with Gasteiger partial charge in [0.1, 0.15) is 12.1 Å². The Kier molecular flexibility index (Phi) is 8.61. The van der Waals surface area contributed by atoms with Gasteiger partial charge in [0.2, 0.25) is 0 Å². The van der Waals surface area contributed by atoms with Crippen LogP contribution in [-0.2, 0) is 11.8 Å². The van der Waals surface area contributed by atoms with E-state index in [0.29, 0.717) is 6.54 Å². The van der Waals surface area contributed by atoms with Gasteiger partial charge in [-0.1, -0.05) is 13.3 Å². The zero-order valence-electron chi connectivity index (χ0n) is 16.0. The van der Waals surface area contributed by atoms with Gasteiger partial charge in [0.05, 0.1) is 11.6 Å². The summed E-state index contributed by atoms with van der Waals surface area (Å²) in [7, 11) is 3.63. The zero-order valence-corrected chi connectivity index (χ0v) is 16.0. The quantitative estimate of drug-likeness (QED) is 0.313. The number of nitrogens with zero attached hydrogens (tertiary/aromatic N) is 5. The lowest BCUT2D eigenvalue weighted by Gasteiger charge is -2.12. The van der Waals surface area contributed by atoms with Gasteiger partial charge in [-0.3, -0.25) is 9.67 Å². The topological polar surface area (TPSA) is 101 Å². The summed E-state index contributed by atoms with van der Waals surface area (Å²) >= 11 is 0. The number of hydrogen-bond donors (Lipinski definition) is 3. The number of guanidine groups is 1. The fourth-order valence-electron chi connectivity index (χ4n) is 2.41. The molecule has 0 saturated carbocycles. The molecule has 9 heteroatoms. The molecule has 9 nitrogen and oxygen atoms in total. The molecule has 0 aliphatic heterocycles. The normalized spacial score (nSPS) is 11.7. The van der Waals surface area contributed by atoms with Gasteiger partial charge in [0.25, 0.3) is 0 Å². The summed E-state index contributed by atoms with van der Waals surface area (Å²) in [6.45, 7) is 6.06. The molecule has 0 aliphatic carbocycles.